The highest BCUT2D eigenvalue weighted by atomic mass is 19.4. The number of alkyl halides is 12. The van der Waals surface area contributed by atoms with Gasteiger partial charge in [0.1, 0.15) is 23.9 Å². The molecule has 8 aromatic rings. The van der Waals surface area contributed by atoms with Crippen molar-refractivity contribution >= 4 is 23.6 Å². The molecule has 0 spiro atoms. The second kappa shape index (κ2) is 30.3. The van der Waals surface area contributed by atoms with E-state index in [2.05, 4.69) is 31.1 Å². The van der Waals surface area contributed by atoms with Crippen LogP contribution in [0, 0.1) is 0 Å². The molecule has 8 aromatic carbocycles. The predicted octanol–water partition coefficient (Wildman–Crippen LogP) is 16.8. The summed E-state index contributed by atoms with van der Waals surface area (Å²) in [6.45, 7) is 1.60. The average molecular weight is 1390 g/mol. The fraction of sp³-hybridized carbons (Fsp3) is 0.333. The Morgan fingerprint density at radius 2 is 0.640 bits per heavy atom. The zero-order valence-electron chi connectivity index (χ0n) is 54.4. The van der Waals surface area contributed by atoms with Gasteiger partial charge in [0.05, 0.1) is 11.1 Å². The molecule has 4 amide bonds. The lowest BCUT2D eigenvalue weighted by atomic mass is 9.73. The van der Waals surface area contributed by atoms with Gasteiger partial charge in [-0.3, -0.25) is 19.2 Å². The van der Waals surface area contributed by atoms with Crippen LogP contribution in [0.1, 0.15) is 118 Å². The fourth-order valence-corrected chi connectivity index (χ4v) is 14.7. The minimum absolute atomic E-state index is 0.0773. The molecule has 10 nitrogen and oxygen atoms in total. The van der Waals surface area contributed by atoms with Crippen LogP contribution in [0.25, 0.3) is 44.5 Å². The number of fused-ring (bicyclic) bond motifs is 6. The number of rotatable bonds is 20. The van der Waals surface area contributed by atoms with E-state index in [1.165, 1.54) is 24.3 Å². The van der Waals surface area contributed by atoms with Gasteiger partial charge in [-0.25, -0.2) is 0 Å². The maximum Gasteiger partial charge on any atom is 0.416 e. The van der Waals surface area contributed by atoms with Gasteiger partial charge in [-0.1, -0.05) is 171 Å². The van der Waals surface area contributed by atoms with Gasteiger partial charge in [0.15, 0.2) is 0 Å². The van der Waals surface area contributed by atoms with E-state index >= 15 is 0 Å². The molecule has 0 radical (unpaired) electrons. The number of likely N-dealkylation sites (tertiary alicyclic amines) is 2. The first-order chi connectivity index (χ1) is 47.7. The summed E-state index contributed by atoms with van der Waals surface area (Å²) in [6, 6.07) is 52.7. The molecule has 2 heterocycles. The molecular formula is C78H74F12N6O4. The zero-order valence-corrected chi connectivity index (χ0v) is 54.4. The van der Waals surface area contributed by atoms with Gasteiger partial charge in [0.25, 0.3) is 11.8 Å². The first kappa shape index (κ1) is 72.0. The SMILES string of the molecule is O=C(NC1CCN(CCCCC2(C(=O)NCC(F)(F)F)c3ccccc3-c3ccccc32)CC1)c1ccccc1-c1ccc(C(F)(F)F)cc1.O=C(NC1CCN(CCCCC2(C(=O)NCC(F)(F)F)c3ccccc3-c3ccccc32)CC1)c1ccccc1-c1ccc(C(F)(F)F)cc1. The van der Waals surface area contributed by atoms with Crippen molar-refractivity contribution in [3.05, 3.63) is 239 Å². The van der Waals surface area contributed by atoms with Crippen molar-refractivity contribution in [1.82, 2.24) is 31.1 Å². The normalized spacial score (nSPS) is 16.0. The van der Waals surface area contributed by atoms with Crippen LogP contribution < -0.4 is 21.3 Å². The van der Waals surface area contributed by atoms with Gasteiger partial charge in [0, 0.05) is 49.4 Å². The van der Waals surface area contributed by atoms with E-state index in [0.717, 1.165) is 121 Å². The molecular weight excluding hydrogens is 1310 g/mol. The minimum Gasteiger partial charge on any atom is -0.349 e. The number of halogens is 12. The third kappa shape index (κ3) is 16.3. The largest absolute Gasteiger partial charge is 0.416 e. The van der Waals surface area contributed by atoms with E-state index in [1.54, 1.807) is 48.5 Å². The van der Waals surface area contributed by atoms with E-state index < -0.39 is 71.6 Å². The van der Waals surface area contributed by atoms with E-state index in [4.69, 9.17) is 0 Å². The number of carbonyl (C=O) groups excluding carboxylic acids is 4. The van der Waals surface area contributed by atoms with Crippen molar-refractivity contribution in [2.24, 2.45) is 0 Å². The number of hydrogen-bond donors (Lipinski definition) is 4. The molecule has 100 heavy (non-hydrogen) atoms. The lowest BCUT2D eigenvalue weighted by Gasteiger charge is -2.33. The molecule has 0 unspecified atom stereocenters. The quantitative estimate of drug-likeness (QED) is 0.0445. The summed E-state index contributed by atoms with van der Waals surface area (Å²) in [7, 11) is 0. The topological polar surface area (TPSA) is 123 Å². The van der Waals surface area contributed by atoms with E-state index in [0.29, 0.717) is 84.7 Å². The number of carbonyl (C=O) groups is 4. The van der Waals surface area contributed by atoms with Gasteiger partial charge >= 0.3 is 24.7 Å². The monoisotopic (exact) mass is 1390 g/mol. The summed E-state index contributed by atoms with van der Waals surface area (Å²) >= 11 is 0. The summed E-state index contributed by atoms with van der Waals surface area (Å²) in [5, 5.41) is 10.5. The molecule has 0 aromatic heterocycles. The van der Waals surface area contributed by atoms with Crippen LogP contribution in [0.4, 0.5) is 52.7 Å². The van der Waals surface area contributed by atoms with Crippen molar-refractivity contribution in [1.29, 1.82) is 0 Å². The van der Waals surface area contributed by atoms with Crippen molar-refractivity contribution in [3.63, 3.8) is 0 Å². The van der Waals surface area contributed by atoms with E-state index in [9.17, 15) is 71.9 Å². The highest BCUT2D eigenvalue weighted by Crippen LogP contribution is 2.53. The maximum absolute atomic E-state index is 13.7. The molecule has 4 N–H and O–H groups in total. The molecule has 22 heteroatoms. The first-order valence-corrected chi connectivity index (χ1v) is 33.4. The number of benzene rings is 8. The van der Waals surface area contributed by atoms with Crippen molar-refractivity contribution in [2.75, 3.05) is 52.4 Å². The van der Waals surface area contributed by atoms with Crippen LogP contribution in [-0.2, 0) is 32.8 Å². The molecule has 2 aliphatic carbocycles. The maximum atomic E-state index is 13.7. The molecule has 524 valence electrons. The number of nitrogens with one attached hydrogen (secondary N) is 4. The molecule has 2 fully saturated rings. The Kier molecular flexibility index (Phi) is 21.8. The summed E-state index contributed by atoms with van der Waals surface area (Å²) in [5.41, 5.74) is 5.25. The molecule has 0 bridgehead atoms. The van der Waals surface area contributed by atoms with Crippen LogP contribution in [0.2, 0.25) is 0 Å². The highest BCUT2D eigenvalue weighted by Gasteiger charge is 2.51. The second-order valence-electron chi connectivity index (χ2n) is 25.9. The Balaban J connectivity index is 0.000000202. The lowest BCUT2D eigenvalue weighted by Crippen LogP contribution is -2.47. The van der Waals surface area contributed by atoms with Crippen LogP contribution in [0.3, 0.4) is 0 Å². The van der Waals surface area contributed by atoms with Crippen LogP contribution >= 0.6 is 0 Å². The zero-order chi connectivity index (χ0) is 71.0. The summed E-state index contributed by atoms with van der Waals surface area (Å²) < 4.78 is 157. The number of hydrogen-bond acceptors (Lipinski definition) is 6. The highest BCUT2D eigenvalue weighted by molar-refractivity contribution is 6.03. The second-order valence-corrected chi connectivity index (χ2v) is 25.9. The number of amides is 4. The van der Waals surface area contributed by atoms with Gasteiger partial charge in [-0.2, -0.15) is 52.7 Å². The average Bonchev–Trinajstić information content (AvgIpc) is 1.57. The predicted molar refractivity (Wildman–Crippen MR) is 359 cm³/mol. The Labute approximate surface area is 571 Å². The smallest absolute Gasteiger partial charge is 0.349 e. The Bertz CT molecular complexity index is 3830. The molecule has 0 atom stereocenters. The summed E-state index contributed by atoms with van der Waals surface area (Å²) in [5.74, 6) is -1.87. The summed E-state index contributed by atoms with van der Waals surface area (Å²) in [6.07, 6.45) is -11.7. The lowest BCUT2D eigenvalue weighted by molar-refractivity contribution is -0.141. The van der Waals surface area contributed by atoms with Crippen LogP contribution in [0.15, 0.2) is 194 Å². The van der Waals surface area contributed by atoms with Gasteiger partial charge in [-0.05, 0) is 168 Å². The third-order valence-electron chi connectivity index (χ3n) is 19.6. The molecule has 12 rings (SSSR count). The molecule has 2 saturated heterocycles. The first-order valence-electron chi connectivity index (χ1n) is 33.4. The Morgan fingerprint density at radius 1 is 0.360 bits per heavy atom. The van der Waals surface area contributed by atoms with Crippen molar-refractivity contribution in [3.8, 4) is 44.5 Å². The van der Waals surface area contributed by atoms with Crippen LogP contribution in [0.5, 0.6) is 0 Å². The molecule has 4 aliphatic rings. The van der Waals surface area contributed by atoms with Gasteiger partial charge in [-0.15, -0.1) is 0 Å². The van der Waals surface area contributed by atoms with Crippen LogP contribution in [-0.4, -0.2) is 110 Å². The minimum atomic E-state index is -4.53. The Hall–Kier alpha value is -9.28. The van der Waals surface area contributed by atoms with Crippen molar-refractivity contribution in [2.45, 2.75) is 112 Å². The van der Waals surface area contributed by atoms with Crippen molar-refractivity contribution < 1.29 is 71.9 Å². The standard InChI is InChI=1S/2C39H37F6N3O2/c2*40-38(41,42)25-46-36(50)37(33-13-5-3-10-30(33)31-11-4-6-14-34(31)37)21-7-8-22-48-23-19-28(20-24-48)47-35(49)32-12-2-1-9-29(32)26-15-17-27(18-16-26)39(43,44)45/h2*1-6,9-18,28H,7-8,19-25H2,(H,46,50)(H,47,49). The Morgan fingerprint density at radius 3 is 0.930 bits per heavy atom. The summed E-state index contributed by atoms with van der Waals surface area (Å²) in [4.78, 5) is 58.6. The van der Waals surface area contributed by atoms with Gasteiger partial charge < -0.3 is 31.1 Å². The van der Waals surface area contributed by atoms with E-state index in [1.807, 2.05) is 97.1 Å². The van der Waals surface area contributed by atoms with E-state index in [-0.39, 0.29) is 23.9 Å². The van der Waals surface area contributed by atoms with Gasteiger partial charge in [0.2, 0.25) is 11.8 Å². The number of unbranched alkanes of at least 4 members (excludes halogenated alkanes) is 2. The third-order valence-corrected chi connectivity index (χ3v) is 19.6. The number of nitrogens with zero attached hydrogens (tertiary/aromatic N) is 2. The number of piperidine rings is 2. The fourth-order valence-electron chi connectivity index (χ4n) is 14.7. The molecule has 2 aliphatic heterocycles. The molecule has 0 saturated carbocycles.